The second kappa shape index (κ2) is 4.45. The lowest BCUT2D eigenvalue weighted by Crippen LogP contribution is -2.08. The topological polar surface area (TPSA) is 85.1 Å². The number of nitrogens with one attached hydrogen (secondary N) is 1. The lowest BCUT2D eigenvalue weighted by Gasteiger charge is -1.99. The van der Waals surface area contributed by atoms with Crippen LogP contribution in [0, 0.1) is 0 Å². The molecule has 0 unspecified atom stereocenters. The molecule has 94 valence electrons. The maximum atomic E-state index is 11.0. The molecule has 0 saturated carbocycles. The predicted molar refractivity (Wildman–Crippen MR) is 68.3 cm³/mol. The van der Waals surface area contributed by atoms with Gasteiger partial charge in [0.1, 0.15) is 5.82 Å². The maximum Gasteiger partial charge on any atom is 0.254 e. The Kier molecular flexibility index (Phi) is 2.64. The SMILES string of the molecule is CC(=O)Nc1ccn2nc(-c3ccncc3)nc2n1. The molecule has 0 saturated heterocycles. The van der Waals surface area contributed by atoms with Crippen LogP contribution in [0.3, 0.4) is 0 Å². The molecular weight excluding hydrogens is 244 g/mol. The summed E-state index contributed by atoms with van der Waals surface area (Å²) in [5.74, 6) is 1.27. The van der Waals surface area contributed by atoms with Gasteiger partial charge < -0.3 is 5.32 Å². The monoisotopic (exact) mass is 254 g/mol. The zero-order chi connectivity index (χ0) is 13.2. The molecule has 1 amide bonds. The van der Waals surface area contributed by atoms with Crippen LogP contribution in [0.15, 0.2) is 36.8 Å². The molecule has 0 bridgehead atoms. The number of nitrogens with zero attached hydrogens (tertiary/aromatic N) is 5. The average molecular weight is 254 g/mol. The van der Waals surface area contributed by atoms with E-state index in [2.05, 4.69) is 25.4 Å². The van der Waals surface area contributed by atoms with Crippen molar-refractivity contribution in [3.05, 3.63) is 36.8 Å². The minimum Gasteiger partial charge on any atom is -0.311 e. The van der Waals surface area contributed by atoms with Gasteiger partial charge in [0.2, 0.25) is 5.91 Å². The first-order valence-electron chi connectivity index (χ1n) is 5.64. The molecule has 0 atom stereocenters. The number of fused-ring (bicyclic) bond motifs is 1. The summed E-state index contributed by atoms with van der Waals surface area (Å²) in [6, 6.07) is 5.31. The van der Waals surface area contributed by atoms with Crippen LogP contribution in [0.25, 0.3) is 17.2 Å². The van der Waals surface area contributed by atoms with Crippen LogP contribution in [0.5, 0.6) is 0 Å². The molecule has 3 aromatic rings. The van der Waals surface area contributed by atoms with E-state index in [1.54, 1.807) is 29.2 Å². The van der Waals surface area contributed by atoms with Crippen molar-refractivity contribution in [1.82, 2.24) is 24.6 Å². The molecule has 0 aliphatic heterocycles. The van der Waals surface area contributed by atoms with E-state index in [4.69, 9.17) is 0 Å². The summed E-state index contributed by atoms with van der Waals surface area (Å²) in [6.45, 7) is 1.43. The molecule has 0 aliphatic carbocycles. The van der Waals surface area contributed by atoms with Gasteiger partial charge in [-0.05, 0) is 18.2 Å². The number of anilines is 1. The van der Waals surface area contributed by atoms with Gasteiger partial charge in [0.05, 0.1) is 0 Å². The Labute approximate surface area is 108 Å². The summed E-state index contributed by atoms with van der Waals surface area (Å²) >= 11 is 0. The molecule has 3 heterocycles. The van der Waals surface area contributed by atoms with Crippen molar-refractivity contribution < 1.29 is 4.79 Å². The average Bonchev–Trinajstić information content (AvgIpc) is 2.82. The fourth-order valence-corrected chi connectivity index (χ4v) is 1.65. The number of aromatic nitrogens is 5. The first-order chi connectivity index (χ1) is 9.22. The third-order valence-electron chi connectivity index (χ3n) is 2.45. The van der Waals surface area contributed by atoms with E-state index in [0.29, 0.717) is 17.4 Å². The lowest BCUT2D eigenvalue weighted by atomic mass is 10.3. The second-order valence-corrected chi connectivity index (χ2v) is 3.91. The van der Waals surface area contributed by atoms with Crippen molar-refractivity contribution in [3.8, 4) is 11.4 Å². The van der Waals surface area contributed by atoms with Crippen LogP contribution in [0.1, 0.15) is 6.92 Å². The van der Waals surface area contributed by atoms with E-state index in [9.17, 15) is 4.79 Å². The highest BCUT2D eigenvalue weighted by Crippen LogP contribution is 2.14. The van der Waals surface area contributed by atoms with Crippen molar-refractivity contribution in [1.29, 1.82) is 0 Å². The fourth-order valence-electron chi connectivity index (χ4n) is 1.65. The van der Waals surface area contributed by atoms with E-state index in [0.717, 1.165) is 5.56 Å². The molecule has 7 nitrogen and oxygen atoms in total. The third-order valence-corrected chi connectivity index (χ3v) is 2.45. The number of rotatable bonds is 2. The molecule has 0 aliphatic rings. The Bertz CT molecular complexity index is 736. The highest BCUT2D eigenvalue weighted by atomic mass is 16.1. The summed E-state index contributed by atoms with van der Waals surface area (Å²) in [5.41, 5.74) is 0.863. The van der Waals surface area contributed by atoms with Gasteiger partial charge in [0.25, 0.3) is 5.78 Å². The highest BCUT2D eigenvalue weighted by Gasteiger charge is 2.08. The highest BCUT2D eigenvalue weighted by molar-refractivity contribution is 5.87. The van der Waals surface area contributed by atoms with Crippen LogP contribution in [-0.4, -0.2) is 30.5 Å². The Morgan fingerprint density at radius 3 is 2.74 bits per heavy atom. The van der Waals surface area contributed by atoms with Crippen LogP contribution in [-0.2, 0) is 4.79 Å². The van der Waals surface area contributed by atoms with Crippen molar-refractivity contribution in [2.75, 3.05) is 5.32 Å². The lowest BCUT2D eigenvalue weighted by molar-refractivity contribution is -0.114. The van der Waals surface area contributed by atoms with Gasteiger partial charge >= 0.3 is 0 Å². The molecule has 3 aromatic heterocycles. The number of hydrogen-bond acceptors (Lipinski definition) is 5. The maximum absolute atomic E-state index is 11.0. The first-order valence-corrected chi connectivity index (χ1v) is 5.64. The molecular formula is C12H10N6O. The molecule has 1 N–H and O–H groups in total. The van der Waals surface area contributed by atoms with Gasteiger partial charge in [-0.25, -0.2) is 4.52 Å². The molecule has 0 radical (unpaired) electrons. The van der Waals surface area contributed by atoms with Gasteiger partial charge in [-0.3, -0.25) is 9.78 Å². The van der Waals surface area contributed by atoms with E-state index < -0.39 is 0 Å². The normalized spacial score (nSPS) is 10.6. The number of amides is 1. The summed E-state index contributed by atoms with van der Waals surface area (Å²) in [4.78, 5) is 23.4. The third kappa shape index (κ3) is 2.25. The minimum absolute atomic E-state index is 0.175. The number of carbonyl (C=O) groups is 1. The molecule has 7 heteroatoms. The Balaban J connectivity index is 2.04. The zero-order valence-electron chi connectivity index (χ0n) is 10.1. The van der Waals surface area contributed by atoms with Gasteiger partial charge in [-0.2, -0.15) is 9.97 Å². The molecule has 0 aromatic carbocycles. The summed E-state index contributed by atoms with van der Waals surface area (Å²) in [7, 11) is 0. The van der Waals surface area contributed by atoms with Crippen molar-refractivity contribution in [2.24, 2.45) is 0 Å². The fraction of sp³-hybridized carbons (Fsp3) is 0.0833. The summed E-state index contributed by atoms with van der Waals surface area (Å²) < 4.78 is 1.56. The first kappa shape index (κ1) is 11.3. The van der Waals surface area contributed by atoms with Gasteiger partial charge in [0, 0.05) is 31.1 Å². The van der Waals surface area contributed by atoms with Crippen LogP contribution in [0.4, 0.5) is 5.82 Å². The van der Waals surface area contributed by atoms with Crippen molar-refractivity contribution in [3.63, 3.8) is 0 Å². The van der Waals surface area contributed by atoms with Crippen molar-refractivity contribution >= 4 is 17.5 Å². The van der Waals surface area contributed by atoms with Crippen LogP contribution < -0.4 is 5.32 Å². The predicted octanol–water partition coefficient (Wildman–Crippen LogP) is 1.14. The largest absolute Gasteiger partial charge is 0.311 e. The van der Waals surface area contributed by atoms with Gasteiger partial charge in [-0.15, -0.1) is 5.10 Å². The summed E-state index contributed by atoms with van der Waals surface area (Å²) in [5, 5.41) is 6.91. The molecule has 0 spiro atoms. The molecule has 19 heavy (non-hydrogen) atoms. The number of carbonyl (C=O) groups excluding carboxylic acids is 1. The Morgan fingerprint density at radius 1 is 1.21 bits per heavy atom. The number of hydrogen-bond donors (Lipinski definition) is 1. The van der Waals surface area contributed by atoms with E-state index in [1.807, 2.05) is 12.1 Å². The summed E-state index contributed by atoms with van der Waals surface area (Å²) in [6.07, 6.45) is 5.06. The standard InChI is InChI=1S/C12H10N6O/c1-8(19)14-10-4-7-18-12(15-10)16-11(17-18)9-2-5-13-6-3-9/h2-7H,1H3,(H,14,15,16,17,19). The van der Waals surface area contributed by atoms with E-state index in [1.165, 1.54) is 6.92 Å². The van der Waals surface area contributed by atoms with Crippen LogP contribution in [0.2, 0.25) is 0 Å². The van der Waals surface area contributed by atoms with Gasteiger partial charge in [-0.1, -0.05) is 0 Å². The molecule has 3 rings (SSSR count). The van der Waals surface area contributed by atoms with Crippen molar-refractivity contribution in [2.45, 2.75) is 6.92 Å². The smallest absolute Gasteiger partial charge is 0.254 e. The van der Waals surface area contributed by atoms with E-state index in [-0.39, 0.29) is 5.91 Å². The Hall–Kier alpha value is -2.83. The van der Waals surface area contributed by atoms with Gasteiger partial charge in [0.15, 0.2) is 5.82 Å². The molecule has 0 fully saturated rings. The minimum atomic E-state index is -0.175. The number of pyridine rings is 1. The van der Waals surface area contributed by atoms with Crippen LogP contribution >= 0.6 is 0 Å². The van der Waals surface area contributed by atoms with E-state index >= 15 is 0 Å². The quantitative estimate of drug-likeness (QED) is 0.741. The second-order valence-electron chi connectivity index (χ2n) is 3.91. The Morgan fingerprint density at radius 2 is 2.00 bits per heavy atom. The zero-order valence-corrected chi connectivity index (χ0v) is 10.1.